The quantitative estimate of drug-likeness (QED) is 0.577. The van der Waals surface area contributed by atoms with Gasteiger partial charge in [0.1, 0.15) is 0 Å². The number of methoxy groups -OCH3 is 1. The molecule has 0 radical (unpaired) electrons. The van der Waals surface area contributed by atoms with Gasteiger partial charge in [-0.25, -0.2) is 0 Å². The van der Waals surface area contributed by atoms with Crippen molar-refractivity contribution in [2.24, 2.45) is 0 Å². The molecule has 0 amide bonds. The summed E-state index contributed by atoms with van der Waals surface area (Å²) in [5, 5.41) is 9.22. The van der Waals surface area contributed by atoms with Crippen molar-refractivity contribution in [1.29, 1.82) is 0 Å². The Hall–Kier alpha value is -0.0800. The predicted molar refractivity (Wildman–Crippen MR) is 46.6 cm³/mol. The number of aliphatic hydroxyl groups is 1. The molecule has 0 aliphatic heterocycles. The van der Waals surface area contributed by atoms with Crippen LogP contribution in [0.15, 0.2) is 0 Å². The number of aliphatic hydroxyl groups excluding tert-OH is 1. The van der Waals surface area contributed by atoms with Gasteiger partial charge in [-0.3, -0.25) is 0 Å². The van der Waals surface area contributed by atoms with Crippen molar-refractivity contribution in [2.75, 3.05) is 13.7 Å². The molecule has 68 valence electrons. The van der Waals surface area contributed by atoms with Crippen LogP contribution < -0.4 is 0 Å². The van der Waals surface area contributed by atoms with Crippen LogP contribution >= 0.6 is 0 Å². The van der Waals surface area contributed by atoms with E-state index in [1.165, 1.54) is 19.3 Å². The average molecular weight is 160 g/mol. The van der Waals surface area contributed by atoms with E-state index in [1.807, 2.05) is 0 Å². The maximum Gasteiger partial charge on any atom is 0.0773 e. The molecule has 0 bridgehead atoms. The molecule has 0 saturated carbocycles. The summed E-state index contributed by atoms with van der Waals surface area (Å²) in [5.74, 6) is 0. The Balaban J connectivity index is 2.97. The second-order valence-corrected chi connectivity index (χ2v) is 2.96. The molecule has 0 rings (SSSR count). The van der Waals surface area contributed by atoms with Crippen molar-refractivity contribution in [3.05, 3.63) is 0 Å². The normalized spacial score (nSPS) is 13.4. The molecular formula is C9H20O2. The topological polar surface area (TPSA) is 29.5 Å². The lowest BCUT2D eigenvalue weighted by Crippen LogP contribution is -2.13. The summed E-state index contributed by atoms with van der Waals surface area (Å²) in [7, 11) is 1.62. The summed E-state index contributed by atoms with van der Waals surface area (Å²) in [6.07, 6.45) is 5.51. The molecule has 0 aromatic heterocycles. The van der Waals surface area contributed by atoms with Gasteiger partial charge in [0.25, 0.3) is 0 Å². The Morgan fingerprint density at radius 1 is 1.27 bits per heavy atom. The minimum atomic E-state index is -0.253. The second kappa shape index (κ2) is 8.02. The lowest BCUT2D eigenvalue weighted by Gasteiger charge is -2.07. The van der Waals surface area contributed by atoms with Gasteiger partial charge in [0.15, 0.2) is 0 Å². The Labute approximate surface area is 69.6 Å². The smallest absolute Gasteiger partial charge is 0.0773 e. The van der Waals surface area contributed by atoms with Gasteiger partial charge in [-0.15, -0.1) is 0 Å². The summed E-state index contributed by atoms with van der Waals surface area (Å²) in [6.45, 7) is 2.66. The standard InChI is InChI=1S/C9H20O2/c1-3-4-5-6-7-9(10)8-11-2/h9-10H,3-8H2,1-2H3. The number of unbranched alkanes of at least 4 members (excludes halogenated alkanes) is 3. The lowest BCUT2D eigenvalue weighted by molar-refractivity contribution is 0.0576. The first-order valence-electron chi connectivity index (χ1n) is 4.48. The third kappa shape index (κ3) is 7.82. The zero-order valence-electron chi connectivity index (χ0n) is 7.68. The summed E-state index contributed by atoms with van der Waals surface area (Å²) >= 11 is 0. The van der Waals surface area contributed by atoms with E-state index >= 15 is 0 Å². The molecule has 0 heterocycles. The van der Waals surface area contributed by atoms with Crippen LogP contribution in [0, 0.1) is 0 Å². The fourth-order valence-corrected chi connectivity index (χ4v) is 1.08. The van der Waals surface area contributed by atoms with Gasteiger partial charge in [-0.1, -0.05) is 32.6 Å². The van der Waals surface area contributed by atoms with E-state index in [-0.39, 0.29) is 6.10 Å². The van der Waals surface area contributed by atoms with Gasteiger partial charge in [-0.2, -0.15) is 0 Å². The average Bonchev–Trinajstić information content (AvgIpc) is 1.99. The van der Waals surface area contributed by atoms with E-state index in [4.69, 9.17) is 4.74 Å². The van der Waals surface area contributed by atoms with Crippen LogP contribution in [-0.2, 0) is 4.74 Å². The Morgan fingerprint density at radius 3 is 2.55 bits per heavy atom. The van der Waals surface area contributed by atoms with Gasteiger partial charge in [-0.05, 0) is 6.42 Å². The number of rotatable bonds is 7. The summed E-state index contributed by atoms with van der Waals surface area (Å²) in [4.78, 5) is 0. The van der Waals surface area contributed by atoms with E-state index < -0.39 is 0 Å². The van der Waals surface area contributed by atoms with Crippen LogP contribution in [0.4, 0.5) is 0 Å². The molecule has 11 heavy (non-hydrogen) atoms. The van der Waals surface area contributed by atoms with Crippen molar-refractivity contribution in [2.45, 2.75) is 45.1 Å². The highest BCUT2D eigenvalue weighted by Crippen LogP contribution is 2.05. The van der Waals surface area contributed by atoms with Gasteiger partial charge in [0.2, 0.25) is 0 Å². The fourth-order valence-electron chi connectivity index (χ4n) is 1.08. The van der Waals surface area contributed by atoms with Crippen LogP contribution in [0.1, 0.15) is 39.0 Å². The fraction of sp³-hybridized carbons (Fsp3) is 1.00. The van der Waals surface area contributed by atoms with Crippen LogP contribution in [-0.4, -0.2) is 24.9 Å². The van der Waals surface area contributed by atoms with E-state index in [9.17, 15) is 5.11 Å². The monoisotopic (exact) mass is 160 g/mol. The van der Waals surface area contributed by atoms with Crippen molar-refractivity contribution in [3.8, 4) is 0 Å². The van der Waals surface area contributed by atoms with E-state index in [1.54, 1.807) is 7.11 Å². The van der Waals surface area contributed by atoms with Gasteiger partial charge in [0, 0.05) is 7.11 Å². The maximum absolute atomic E-state index is 9.22. The SMILES string of the molecule is CCCCCCC(O)COC. The minimum Gasteiger partial charge on any atom is -0.391 e. The summed E-state index contributed by atoms with van der Waals surface area (Å²) < 4.78 is 4.81. The lowest BCUT2D eigenvalue weighted by atomic mass is 10.1. The molecule has 0 aliphatic carbocycles. The van der Waals surface area contributed by atoms with Crippen LogP contribution in [0.2, 0.25) is 0 Å². The highest BCUT2D eigenvalue weighted by molar-refractivity contribution is 4.53. The molecule has 0 spiro atoms. The zero-order valence-corrected chi connectivity index (χ0v) is 7.68. The first-order valence-corrected chi connectivity index (χ1v) is 4.48. The minimum absolute atomic E-state index is 0.253. The molecule has 1 atom stereocenters. The molecule has 0 aromatic rings. The maximum atomic E-state index is 9.22. The van der Waals surface area contributed by atoms with Gasteiger partial charge >= 0.3 is 0 Å². The molecule has 0 aliphatic rings. The first kappa shape index (κ1) is 10.9. The highest BCUT2D eigenvalue weighted by Gasteiger charge is 2.01. The van der Waals surface area contributed by atoms with Crippen LogP contribution in [0.5, 0.6) is 0 Å². The molecule has 0 aromatic carbocycles. The Kier molecular flexibility index (Phi) is 7.96. The summed E-state index contributed by atoms with van der Waals surface area (Å²) in [5.41, 5.74) is 0. The van der Waals surface area contributed by atoms with Gasteiger partial charge < -0.3 is 9.84 Å². The number of ether oxygens (including phenoxy) is 1. The van der Waals surface area contributed by atoms with Crippen LogP contribution in [0.25, 0.3) is 0 Å². The van der Waals surface area contributed by atoms with Crippen molar-refractivity contribution >= 4 is 0 Å². The summed E-state index contributed by atoms with van der Waals surface area (Å²) in [6, 6.07) is 0. The highest BCUT2D eigenvalue weighted by atomic mass is 16.5. The van der Waals surface area contributed by atoms with E-state index in [0.717, 1.165) is 12.8 Å². The van der Waals surface area contributed by atoms with Crippen molar-refractivity contribution in [3.63, 3.8) is 0 Å². The Bertz CT molecular complexity index is 74.0. The molecule has 0 saturated heterocycles. The zero-order chi connectivity index (χ0) is 8.53. The van der Waals surface area contributed by atoms with Crippen LogP contribution in [0.3, 0.4) is 0 Å². The molecular weight excluding hydrogens is 140 g/mol. The molecule has 0 fully saturated rings. The number of hydrogen-bond donors (Lipinski definition) is 1. The third-order valence-corrected chi connectivity index (χ3v) is 1.75. The largest absolute Gasteiger partial charge is 0.391 e. The second-order valence-electron chi connectivity index (χ2n) is 2.96. The van der Waals surface area contributed by atoms with E-state index in [2.05, 4.69) is 6.92 Å². The third-order valence-electron chi connectivity index (χ3n) is 1.75. The molecule has 1 N–H and O–H groups in total. The van der Waals surface area contributed by atoms with Gasteiger partial charge in [0.05, 0.1) is 12.7 Å². The molecule has 1 unspecified atom stereocenters. The first-order chi connectivity index (χ1) is 5.31. The Morgan fingerprint density at radius 2 is 2.00 bits per heavy atom. The molecule has 2 heteroatoms. The van der Waals surface area contributed by atoms with Crippen molar-refractivity contribution < 1.29 is 9.84 Å². The predicted octanol–water partition coefficient (Wildman–Crippen LogP) is 1.96. The van der Waals surface area contributed by atoms with Crippen molar-refractivity contribution in [1.82, 2.24) is 0 Å². The number of hydrogen-bond acceptors (Lipinski definition) is 2. The van der Waals surface area contributed by atoms with E-state index in [0.29, 0.717) is 6.61 Å². The molecule has 2 nitrogen and oxygen atoms in total.